The molecule has 0 fully saturated rings. The smallest absolute Gasteiger partial charge is 0.362 e. The lowest BCUT2D eigenvalue weighted by Gasteiger charge is -2.19. The van der Waals surface area contributed by atoms with Gasteiger partial charge in [0.1, 0.15) is 11.6 Å². The number of nitrogens with one attached hydrogen (secondary N) is 1. The van der Waals surface area contributed by atoms with Crippen LogP contribution in [0.15, 0.2) is 94.5 Å². The molecule has 0 spiro atoms. The van der Waals surface area contributed by atoms with Gasteiger partial charge >= 0.3 is 5.97 Å². The van der Waals surface area contributed by atoms with E-state index in [9.17, 15) is 4.79 Å². The number of methoxy groups -OCH3 is 2. The summed E-state index contributed by atoms with van der Waals surface area (Å²) >= 11 is 0. The summed E-state index contributed by atoms with van der Waals surface area (Å²) in [6.45, 7) is 0. The lowest BCUT2D eigenvalue weighted by atomic mass is 10.2. The van der Waals surface area contributed by atoms with Crippen LogP contribution in [0.3, 0.4) is 0 Å². The Morgan fingerprint density at radius 1 is 0.818 bits per heavy atom. The van der Waals surface area contributed by atoms with E-state index < -0.39 is 5.97 Å². The number of nitrogens with zero attached hydrogens (tertiary/aromatic N) is 4. The zero-order valence-electron chi connectivity index (χ0n) is 18.9. The second-order valence-corrected chi connectivity index (χ2v) is 7.37. The molecule has 1 aliphatic heterocycles. The predicted octanol–water partition coefficient (Wildman–Crippen LogP) is 5.45. The molecule has 0 amide bonds. The van der Waals surface area contributed by atoms with Crippen molar-refractivity contribution in [1.82, 2.24) is 0 Å². The van der Waals surface area contributed by atoms with Crippen molar-refractivity contribution in [2.45, 2.75) is 0 Å². The fourth-order valence-electron chi connectivity index (χ4n) is 3.64. The molecule has 1 aliphatic rings. The highest BCUT2D eigenvalue weighted by molar-refractivity contribution is 5.94. The van der Waals surface area contributed by atoms with Gasteiger partial charge in [0, 0.05) is 25.5 Å². The second-order valence-electron chi connectivity index (χ2n) is 7.37. The van der Waals surface area contributed by atoms with Crippen LogP contribution in [0.25, 0.3) is 0 Å². The van der Waals surface area contributed by atoms with Gasteiger partial charge in [-0.15, -0.1) is 5.11 Å². The highest BCUT2D eigenvalue weighted by Gasteiger charge is 2.32. The maximum atomic E-state index is 12.6. The fourth-order valence-corrected chi connectivity index (χ4v) is 3.64. The first-order chi connectivity index (χ1) is 16.0. The van der Waals surface area contributed by atoms with E-state index in [1.54, 1.807) is 7.11 Å². The van der Waals surface area contributed by atoms with Gasteiger partial charge < -0.3 is 24.6 Å². The maximum absolute atomic E-state index is 12.6. The molecule has 0 saturated carbocycles. The molecule has 0 atom stereocenters. The summed E-state index contributed by atoms with van der Waals surface area (Å²) in [6, 6.07) is 23.0. The Kier molecular flexibility index (Phi) is 6.26. The molecule has 3 aromatic rings. The number of carbonyl (C=O) groups is 1. The zero-order valence-corrected chi connectivity index (χ0v) is 18.9. The highest BCUT2D eigenvalue weighted by atomic mass is 16.5. The normalized spacial score (nSPS) is 12.7. The monoisotopic (exact) mass is 443 g/mol. The van der Waals surface area contributed by atoms with Crippen molar-refractivity contribution in [3.05, 3.63) is 84.3 Å². The Bertz CT molecular complexity index is 1170. The van der Waals surface area contributed by atoms with Crippen molar-refractivity contribution in [2.24, 2.45) is 10.2 Å². The zero-order chi connectivity index (χ0) is 23.4. The summed E-state index contributed by atoms with van der Waals surface area (Å²) in [5.74, 6) is 0.844. The molecule has 4 rings (SSSR count). The Morgan fingerprint density at radius 3 is 1.88 bits per heavy atom. The van der Waals surface area contributed by atoms with Crippen LogP contribution < -0.4 is 19.9 Å². The molecule has 0 unspecified atom stereocenters. The Hall–Kier alpha value is -4.33. The number of carbonyl (C=O) groups excluding carboxylic acids is 1. The highest BCUT2D eigenvalue weighted by Crippen LogP contribution is 2.40. The lowest BCUT2D eigenvalue weighted by Crippen LogP contribution is -2.26. The van der Waals surface area contributed by atoms with E-state index in [2.05, 4.69) is 15.5 Å². The molecule has 1 heterocycles. The third-order valence-electron chi connectivity index (χ3n) is 5.34. The fraction of sp³-hybridized carbons (Fsp3) is 0.160. The summed E-state index contributed by atoms with van der Waals surface area (Å²) in [4.78, 5) is 16.4. The van der Waals surface area contributed by atoms with Gasteiger partial charge in [-0.05, 0) is 60.7 Å². The molecule has 0 bridgehead atoms. The number of para-hydroxylation sites is 2. The largest absolute Gasteiger partial charge is 0.497 e. The molecule has 33 heavy (non-hydrogen) atoms. The number of hydrogen-bond donors (Lipinski definition) is 1. The van der Waals surface area contributed by atoms with Crippen LogP contribution in [-0.2, 0) is 9.53 Å². The van der Waals surface area contributed by atoms with Crippen molar-refractivity contribution in [3.63, 3.8) is 0 Å². The van der Waals surface area contributed by atoms with Crippen LogP contribution in [0.4, 0.5) is 28.4 Å². The van der Waals surface area contributed by atoms with Crippen molar-refractivity contribution < 1.29 is 14.3 Å². The van der Waals surface area contributed by atoms with Gasteiger partial charge in [0.25, 0.3) is 0 Å². The van der Waals surface area contributed by atoms with E-state index >= 15 is 0 Å². The minimum absolute atomic E-state index is 0.124. The summed E-state index contributed by atoms with van der Waals surface area (Å²) in [5, 5.41) is 11.9. The molecular weight excluding hydrogens is 418 g/mol. The number of rotatable bonds is 6. The van der Waals surface area contributed by atoms with Gasteiger partial charge in [0.15, 0.2) is 0 Å². The third kappa shape index (κ3) is 4.50. The minimum Gasteiger partial charge on any atom is -0.497 e. The number of esters is 1. The van der Waals surface area contributed by atoms with Gasteiger partial charge in [-0.3, -0.25) is 0 Å². The van der Waals surface area contributed by atoms with Crippen LogP contribution in [-0.4, -0.2) is 34.3 Å². The van der Waals surface area contributed by atoms with E-state index in [4.69, 9.17) is 9.47 Å². The van der Waals surface area contributed by atoms with Crippen molar-refractivity contribution >= 4 is 34.4 Å². The molecule has 8 nitrogen and oxygen atoms in total. The molecular formula is C25H25N5O3. The standard InChI is InChI=1S/C25H25N5O3/c1-29-21-7-5-6-8-22(21)30(2)24(29)23(25(31)33-4)28-27-19-11-9-17(10-12-19)26-18-13-15-20(32-3)16-14-18/h5-16,26H,1-4H3/b28-27+. The number of fused-ring (bicyclic) bond motifs is 1. The molecule has 0 saturated heterocycles. The van der Waals surface area contributed by atoms with Gasteiger partial charge in [0.2, 0.25) is 5.70 Å². The third-order valence-corrected chi connectivity index (χ3v) is 5.34. The van der Waals surface area contributed by atoms with E-state index in [-0.39, 0.29) is 5.70 Å². The van der Waals surface area contributed by atoms with Gasteiger partial charge in [-0.25, -0.2) is 4.79 Å². The van der Waals surface area contributed by atoms with Crippen molar-refractivity contribution in [2.75, 3.05) is 43.4 Å². The number of hydrogen-bond acceptors (Lipinski definition) is 8. The molecule has 0 radical (unpaired) electrons. The van der Waals surface area contributed by atoms with Crippen LogP contribution in [0.5, 0.6) is 5.75 Å². The predicted molar refractivity (Wildman–Crippen MR) is 130 cm³/mol. The number of ether oxygens (including phenoxy) is 2. The summed E-state index contributed by atoms with van der Waals surface area (Å²) in [6.07, 6.45) is 0. The number of benzene rings is 3. The molecule has 0 aromatic heterocycles. The first-order valence-electron chi connectivity index (χ1n) is 10.3. The number of azo groups is 1. The quantitative estimate of drug-likeness (QED) is 0.310. The molecule has 0 aliphatic carbocycles. The molecule has 3 aromatic carbocycles. The van der Waals surface area contributed by atoms with E-state index in [1.165, 1.54) is 7.11 Å². The first kappa shape index (κ1) is 21.9. The van der Waals surface area contributed by atoms with Crippen LogP contribution in [0.1, 0.15) is 0 Å². The van der Waals surface area contributed by atoms with Crippen molar-refractivity contribution in [1.29, 1.82) is 0 Å². The topological polar surface area (TPSA) is 78.8 Å². The van der Waals surface area contributed by atoms with E-state index in [0.717, 1.165) is 28.5 Å². The molecule has 168 valence electrons. The van der Waals surface area contributed by atoms with Gasteiger partial charge in [-0.1, -0.05) is 12.1 Å². The SMILES string of the molecule is COC(=O)C(/N=N/c1ccc(Nc2ccc(OC)cc2)cc1)=C1N(C)c2ccccc2N1C. The Morgan fingerprint density at radius 2 is 1.36 bits per heavy atom. The lowest BCUT2D eigenvalue weighted by molar-refractivity contribution is -0.136. The van der Waals surface area contributed by atoms with Crippen LogP contribution >= 0.6 is 0 Å². The molecule has 1 N–H and O–H groups in total. The van der Waals surface area contributed by atoms with E-state index in [0.29, 0.717) is 11.5 Å². The minimum atomic E-state index is -0.557. The maximum Gasteiger partial charge on any atom is 0.362 e. The van der Waals surface area contributed by atoms with E-state index in [1.807, 2.05) is 96.7 Å². The van der Waals surface area contributed by atoms with Crippen molar-refractivity contribution in [3.8, 4) is 5.75 Å². The second kappa shape index (κ2) is 9.44. The Balaban J connectivity index is 1.56. The summed E-state index contributed by atoms with van der Waals surface area (Å²) in [5.41, 5.74) is 4.52. The summed E-state index contributed by atoms with van der Waals surface area (Å²) < 4.78 is 10.2. The first-order valence-corrected chi connectivity index (χ1v) is 10.3. The van der Waals surface area contributed by atoms with Gasteiger partial charge in [-0.2, -0.15) is 5.11 Å². The average molecular weight is 444 g/mol. The number of anilines is 4. The Labute approximate surface area is 192 Å². The van der Waals surface area contributed by atoms with Crippen LogP contribution in [0.2, 0.25) is 0 Å². The average Bonchev–Trinajstić information content (AvgIpc) is 3.11. The summed E-state index contributed by atoms with van der Waals surface area (Å²) in [7, 11) is 6.74. The van der Waals surface area contributed by atoms with Gasteiger partial charge in [0.05, 0.1) is 31.3 Å². The molecule has 8 heteroatoms. The van der Waals surface area contributed by atoms with Crippen LogP contribution in [0, 0.1) is 0 Å².